The van der Waals surface area contributed by atoms with Gasteiger partial charge in [-0.3, -0.25) is 9.59 Å². The number of amides is 2. The highest BCUT2D eigenvalue weighted by molar-refractivity contribution is 5.97. The minimum absolute atomic E-state index is 0.0773. The third-order valence-corrected chi connectivity index (χ3v) is 4.28. The Balaban J connectivity index is 1.77. The molecule has 0 spiro atoms. The van der Waals surface area contributed by atoms with E-state index in [2.05, 4.69) is 5.32 Å². The first kappa shape index (κ1) is 23.1. The first-order valence-electron chi connectivity index (χ1n) is 10.1. The van der Waals surface area contributed by atoms with Crippen LogP contribution in [-0.4, -0.2) is 56.7 Å². The van der Waals surface area contributed by atoms with Crippen molar-refractivity contribution < 1.29 is 23.8 Å². The minimum atomic E-state index is -0.340. The lowest BCUT2D eigenvalue weighted by Gasteiger charge is -2.18. The zero-order valence-electron chi connectivity index (χ0n) is 17.8. The van der Waals surface area contributed by atoms with Crippen LogP contribution >= 0.6 is 0 Å². The largest absolute Gasteiger partial charge is 0.494 e. The van der Waals surface area contributed by atoms with E-state index in [4.69, 9.17) is 14.2 Å². The molecule has 0 saturated carbocycles. The van der Waals surface area contributed by atoms with E-state index >= 15 is 0 Å². The highest BCUT2D eigenvalue weighted by Gasteiger charge is 2.14. The van der Waals surface area contributed by atoms with Crippen molar-refractivity contribution in [1.29, 1.82) is 0 Å². The van der Waals surface area contributed by atoms with Gasteiger partial charge in [0, 0.05) is 19.2 Å². The Labute approximate surface area is 177 Å². The summed E-state index contributed by atoms with van der Waals surface area (Å²) in [7, 11) is 1.71. The first-order valence-corrected chi connectivity index (χ1v) is 10.1. The molecule has 0 heterocycles. The summed E-state index contributed by atoms with van der Waals surface area (Å²) in [5.74, 6) is 1.39. The number of likely N-dealkylation sites (N-methyl/N-ethyl adjacent to an activating group) is 1. The second-order valence-electron chi connectivity index (χ2n) is 6.54. The zero-order valence-corrected chi connectivity index (χ0v) is 17.8. The molecule has 7 heteroatoms. The van der Waals surface area contributed by atoms with Gasteiger partial charge in [0.25, 0.3) is 5.91 Å². The van der Waals surface area contributed by atoms with Crippen LogP contribution in [0.5, 0.6) is 17.2 Å². The number of para-hydroxylation sites is 1. The summed E-state index contributed by atoms with van der Waals surface area (Å²) in [6.07, 6.45) is 0.696. The predicted octanol–water partition coefficient (Wildman–Crippen LogP) is 3.14. The molecule has 0 unspecified atom stereocenters. The van der Waals surface area contributed by atoms with E-state index in [1.807, 2.05) is 44.2 Å². The molecule has 0 aliphatic heterocycles. The summed E-state index contributed by atoms with van der Waals surface area (Å²) >= 11 is 0. The standard InChI is InChI=1S/C23H30N2O5/c1-4-28-20-13-12-18(16-21(20)29-5-2)23(27)24-17-22(26)25(3)14-9-15-30-19-10-7-6-8-11-19/h6-8,10-13,16H,4-5,9,14-15,17H2,1-3H3,(H,24,27). The van der Waals surface area contributed by atoms with Crippen LogP contribution in [0.25, 0.3) is 0 Å². The van der Waals surface area contributed by atoms with Gasteiger partial charge in [0.05, 0.1) is 26.4 Å². The number of carbonyl (C=O) groups is 2. The average Bonchev–Trinajstić information content (AvgIpc) is 2.76. The number of carbonyl (C=O) groups excluding carboxylic acids is 2. The summed E-state index contributed by atoms with van der Waals surface area (Å²) in [5, 5.41) is 2.66. The third-order valence-electron chi connectivity index (χ3n) is 4.28. The zero-order chi connectivity index (χ0) is 21.8. The predicted molar refractivity (Wildman–Crippen MR) is 115 cm³/mol. The Kier molecular flexibility index (Phi) is 9.51. The lowest BCUT2D eigenvalue weighted by Crippen LogP contribution is -2.38. The van der Waals surface area contributed by atoms with Crippen molar-refractivity contribution in [2.24, 2.45) is 0 Å². The molecule has 0 aromatic heterocycles. The quantitative estimate of drug-likeness (QED) is 0.540. The van der Waals surface area contributed by atoms with Crippen molar-refractivity contribution in [3.8, 4) is 17.2 Å². The second-order valence-corrected chi connectivity index (χ2v) is 6.54. The normalized spacial score (nSPS) is 10.2. The second kappa shape index (κ2) is 12.4. The third kappa shape index (κ3) is 7.31. The number of hydrogen-bond acceptors (Lipinski definition) is 5. The van der Waals surface area contributed by atoms with Gasteiger partial charge in [0.1, 0.15) is 5.75 Å². The number of rotatable bonds is 12. The van der Waals surface area contributed by atoms with Crippen LogP contribution in [-0.2, 0) is 4.79 Å². The molecule has 30 heavy (non-hydrogen) atoms. The van der Waals surface area contributed by atoms with Crippen molar-refractivity contribution in [1.82, 2.24) is 10.2 Å². The highest BCUT2D eigenvalue weighted by Crippen LogP contribution is 2.28. The van der Waals surface area contributed by atoms with E-state index < -0.39 is 0 Å². The lowest BCUT2D eigenvalue weighted by molar-refractivity contribution is -0.128. The van der Waals surface area contributed by atoms with Gasteiger partial charge < -0.3 is 24.4 Å². The Morgan fingerprint density at radius 3 is 2.33 bits per heavy atom. The summed E-state index contributed by atoms with van der Waals surface area (Å²) in [5.41, 5.74) is 0.411. The molecule has 0 atom stereocenters. The number of nitrogens with one attached hydrogen (secondary N) is 1. The molecule has 0 fully saturated rings. The molecule has 2 amide bonds. The van der Waals surface area contributed by atoms with E-state index in [9.17, 15) is 9.59 Å². The summed E-state index contributed by atoms with van der Waals surface area (Å²) in [6.45, 7) is 5.69. The molecule has 0 radical (unpaired) electrons. The summed E-state index contributed by atoms with van der Waals surface area (Å²) in [6, 6.07) is 14.5. The van der Waals surface area contributed by atoms with E-state index in [1.54, 1.807) is 30.1 Å². The van der Waals surface area contributed by atoms with Crippen molar-refractivity contribution >= 4 is 11.8 Å². The van der Waals surface area contributed by atoms with Crippen LogP contribution in [0.1, 0.15) is 30.6 Å². The van der Waals surface area contributed by atoms with Gasteiger partial charge in [-0.05, 0) is 50.6 Å². The van der Waals surface area contributed by atoms with Gasteiger partial charge in [-0.15, -0.1) is 0 Å². The van der Waals surface area contributed by atoms with Gasteiger partial charge in [-0.1, -0.05) is 18.2 Å². The Morgan fingerprint density at radius 1 is 0.933 bits per heavy atom. The van der Waals surface area contributed by atoms with Crippen LogP contribution < -0.4 is 19.5 Å². The van der Waals surface area contributed by atoms with Crippen LogP contribution in [0.15, 0.2) is 48.5 Å². The molecular weight excluding hydrogens is 384 g/mol. The number of ether oxygens (including phenoxy) is 3. The summed E-state index contributed by atoms with van der Waals surface area (Å²) < 4.78 is 16.7. The van der Waals surface area contributed by atoms with Crippen molar-refractivity contribution in [2.75, 3.05) is 40.0 Å². The number of benzene rings is 2. The molecule has 0 bridgehead atoms. The fourth-order valence-corrected chi connectivity index (χ4v) is 2.72. The van der Waals surface area contributed by atoms with Gasteiger partial charge in [0.2, 0.25) is 5.91 Å². The molecule has 0 saturated heterocycles. The molecule has 2 aromatic rings. The van der Waals surface area contributed by atoms with Gasteiger partial charge in [-0.25, -0.2) is 0 Å². The lowest BCUT2D eigenvalue weighted by atomic mass is 10.2. The molecule has 2 rings (SSSR count). The Hall–Kier alpha value is -3.22. The van der Waals surface area contributed by atoms with Gasteiger partial charge >= 0.3 is 0 Å². The summed E-state index contributed by atoms with van der Waals surface area (Å²) in [4.78, 5) is 26.3. The number of hydrogen-bond donors (Lipinski definition) is 1. The molecule has 2 aromatic carbocycles. The first-order chi connectivity index (χ1) is 14.5. The topological polar surface area (TPSA) is 77.1 Å². The van der Waals surface area contributed by atoms with Crippen molar-refractivity contribution in [3.05, 3.63) is 54.1 Å². The molecular formula is C23H30N2O5. The van der Waals surface area contributed by atoms with E-state index in [-0.39, 0.29) is 18.4 Å². The maximum atomic E-state index is 12.4. The smallest absolute Gasteiger partial charge is 0.251 e. The highest BCUT2D eigenvalue weighted by atomic mass is 16.5. The van der Waals surface area contributed by atoms with Crippen molar-refractivity contribution in [3.63, 3.8) is 0 Å². The maximum Gasteiger partial charge on any atom is 0.251 e. The molecule has 0 aliphatic rings. The number of nitrogens with zero attached hydrogens (tertiary/aromatic N) is 1. The van der Waals surface area contributed by atoms with E-state index in [1.165, 1.54) is 0 Å². The van der Waals surface area contributed by atoms with Crippen LogP contribution in [0.2, 0.25) is 0 Å². The Morgan fingerprint density at radius 2 is 1.63 bits per heavy atom. The van der Waals surface area contributed by atoms with Crippen LogP contribution in [0.3, 0.4) is 0 Å². The van der Waals surface area contributed by atoms with E-state index in [0.717, 1.165) is 5.75 Å². The van der Waals surface area contributed by atoms with E-state index in [0.29, 0.717) is 49.8 Å². The fourth-order valence-electron chi connectivity index (χ4n) is 2.72. The van der Waals surface area contributed by atoms with Gasteiger partial charge in [0.15, 0.2) is 11.5 Å². The van der Waals surface area contributed by atoms with Crippen molar-refractivity contribution in [2.45, 2.75) is 20.3 Å². The molecule has 7 nitrogen and oxygen atoms in total. The Bertz CT molecular complexity index is 810. The minimum Gasteiger partial charge on any atom is -0.494 e. The van der Waals surface area contributed by atoms with Gasteiger partial charge in [-0.2, -0.15) is 0 Å². The fraction of sp³-hybridized carbons (Fsp3) is 0.391. The molecule has 162 valence electrons. The van der Waals surface area contributed by atoms with Crippen LogP contribution in [0.4, 0.5) is 0 Å². The SMILES string of the molecule is CCOc1ccc(C(=O)NCC(=O)N(C)CCCOc2ccccc2)cc1OCC. The molecule has 1 N–H and O–H groups in total. The maximum absolute atomic E-state index is 12.4. The molecule has 0 aliphatic carbocycles. The monoisotopic (exact) mass is 414 g/mol. The average molecular weight is 415 g/mol. The van der Waals surface area contributed by atoms with Crippen LogP contribution in [0, 0.1) is 0 Å².